The minimum absolute atomic E-state index is 0.0635. The summed E-state index contributed by atoms with van der Waals surface area (Å²) in [5, 5.41) is 13.3. The molecule has 0 saturated carbocycles. The molecular weight excluding hydrogens is 201 g/mol. The van der Waals surface area contributed by atoms with Gasteiger partial charge in [-0.15, -0.1) is 0 Å². The van der Waals surface area contributed by atoms with Crippen LogP contribution in [-0.4, -0.2) is 17.5 Å². The van der Waals surface area contributed by atoms with Crippen LogP contribution in [0.15, 0.2) is 18.2 Å². The molecule has 1 rings (SSSR count). The van der Waals surface area contributed by atoms with Crippen molar-refractivity contribution >= 4 is 11.4 Å². The molecule has 15 heavy (non-hydrogen) atoms. The molecule has 0 amide bonds. The van der Waals surface area contributed by atoms with E-state index in [1.54, 1.807) is 6.92 Å². The zero-order chi connectivity index (χ0) is 11.4. The summed E-state index contributed by atoms with van der Waals surface area (Å²) in [5.74, 6) is -0.643. The lowest BCUT2D eigenvalue weighted by molar-refractivity contribution is -0.385. The molecule has 0 aromatic heterocycles. The largest absolute Gasteiger partial charge is 0.381 e. The number of nitrogens with two attached hydrogens (primary N) is 1. The van der Waals surface area contributed by atoms with Crippen LogP contribution in [-0.2, 0) is 0 Å². The molecule has 0 bridgehead atoms. The molecule has 0 radical (unpaired) electrons. The molecule has 5 nitrogen and oxygen atoms in total. The Kier molecular flexibility index (Phi) is 3.56. The SMILES string of the molecule is CC(CN)Nc1cc(F)cc([N+](=O)[O-])c1. The number of non-ortho nitro benzene ring substituents is 1. The van der Waals surface area contributed by atoms with Crippen LogP contribution >= 0.6 is 0 Å². The first-order chi connectivity index (χ1) is 7.02. The van der Waals surface area contributed by atoms with Gasteiger partial charge in [0.15, 0.2) is 0 Å². The summed E-state index contributed by atoms with van der Waals surface area (Å²) in [6, 6.07) is 3.28. The van der Waals surface area contributed by atoms with Gasteiger partial charge in [-0.2, -0.15) is 0 Å². The van der Waals surface area contributed by atoms with Gasteiger partial charge in [-0.3, -0.25) is 10.1 Å². The molecule has 0 saturated heterocycles. The van der Waals surface area contributed by atoms with Crippen LogP contribution in [0.4, 0.5) is 15.8 Å². The summed E-state index contributed by atoms with van der Waals surface area (Å²) < 4.78 is 13.0. The summed E-state index contributed by atoms with van der Waals surface area (Å²) in [6.45, 7) is 2.17. The number of anilines is 1. The van der Waals surface area contributed by atoms with Crippen molar-refractivity contribution in [1.82, 2.24) is 0 Å². The number of benzene rings is 1. The quantitative estimate of drug-likeness (QED) is 0.586. The molecule has 1 unspecified atom stereocenters. The second-order valence-corrected chi connectivity index (χ2v) is 3.24. The number of hydrogen-bond donors (Lipinski definition) is 2. The van der Waals surface area contributed by atoms with E-state index in [1.165, 1.54) is 12.1 Å². The Morgan fingerprint density at radius 2 is 2.27 bits per heavy atom. The van der Waals surface area contributed by atoms with Crippen LogP contribution in [0, 0.1) is 15.9 Å². The van der Waals surface area contributed by atoms with E-state index >= 15 is 0 Å². The second kappa shape index (κ2) is 4.70. The molecule has 1 aromatic carbocycles. The monoisotopic (exact) mass is 213 g/mol. The topological polar surface area (TPSA) is 81.2 Å². The van der Waals surface area contributed by atoms with Crippen LogP contribution in [0.2, 0.25) is 0 Å². The van der Waals surface area contributed by atoms with Gasteiger partial charge in [-0.25, -0.2) is 4.39 Å². The molecule has 0 spiro atoms. The smallest absolute Gasteiger partial charge is 0.274 e. The second-order valence-electron chi connectivity index (χ2n) is 3.24. The van der Waals surface area contributed by atoms with Crippen LogP contribution < -0.4 is 11.1 Å². The van der Waals surface area contributed by atoms with Gasteiger partial charge in [-0.1, -0.05) is 0 Å². The van der Waals surface area contributed by atoms with Crippen LogP contribution in [0.25, 0.3) is 0 Å². The summed E-state index contributed by atoms with van der Waals surface area (Å²) in [5.41, 5.74) is 5.45. The molecule has 3 N–H and O–H groups in total. The van der Waals surface area contributed by atoms with E-state index < -0.39 is 10.7 Å². The maximum atomic E-state index is 13.0. The van der Waals surface area contributed by atoms with Crippen molar-refractivity contribution in [1.29, 1.82) is 0 Å². The number of nitrogens with zero attached hydrogens (tertiary/aromatic N) is 1. The maximum absolute atomic E-state index is 13.0. The first-order valence-corrected chi connectivity index (χ1v) is 4.44. The minimum atomic E-state index is -0.643. The van der Waals surface area contributed by atoms with E-state index in [1.807, 2.05) is 0 Å². The molecule has 82 valence electrons. The lowest BCUT2D eigenvalue weighted by Gasteiger charge is -2.12. The van der Waals surface area contributed by atoms with Crippen molar-refractivity contribution in [3.8, 4) is 0 Å². The lowest BCUT2D eigenvalue weighted by Crippen LogP contribution is -2.25. The van der Waals surface area contributed by atoms with Crippen LogP contribution in [0.5, 0.6) is 0 Å². The van der Waals surface area contributed by atoms with E-state index in [0.717, 1.165) is 6.07 Å². The Labute approximate surface area is 86.2 Å². The van der Waals surface area contributed by atoms with Crippen molar-refractivity contribution in [3.05, 3.63) is 34.1 Å². The molecule has 0 aliphatic heterocycles. The highest BCUT2D eigenvalue weighted by molar-refractivity contribution is 5.52. The predicted octanol–water partition coefficient (Wildman–Crippen LogP) is 1.49. The van der Waals surface area contributed by atoms with Crippen LogP contribution in [0.1, 0.15) is 6.92 Å². The fraction of sp³-hybridized carbons (Fsp3) is 0.333. The normalized spacial score (nSPS) is 12.2. The fourth-order valence-electron chi connectivity index (χ4n) is 1.11. The minimum Gasteiger partial charge on any atom is -0.381 e. The van der Waals surface area contributed by atoms with E-state index in [4.69, 9.17) is 5.73 Å². The van der Waals surface area contributed by atoms with E-state index in [0.29, 0.717) is 12.2 Å². The summed E-state index contributed by atoms with van der Waals surface area (Å²) in [6.07, 6.45) is 0. The molecule has 0 heterocycles. The lowest BCUT2D eigenvalue weighted by atomic mass is 10.2. The molecule has 1 atom stereocenters. The molecule has 0 aliphatic carbocycles. The van der Waals surface area contributed by atoms with Gasteiger partial charge < -0.3 is 11.1 Å². The first kappa shape index (κ1) is 11.4. The number of rotatable bonds is 4. The first-order valence-electron chi connectivity index (χ1n) is 4.44. The fourth-order valence-corrected chi connectivity index (χ4v) is 1.11. The van der Waals surface area contributed by atoms with Gasteiger partial charge in [0.1, 0.15) is 5.82 Å². The molecule has 6 heteroatoms. The number of nitro groups is 1. The van der Waals surface area contributed by atoms with Crippen molar-refractivity contribution in [2.45, 2.75) is 13.0 Å². The van der Waals surface area contributed by atoms with Crippen molar-refractivity contribution in [2.24, 2.45) is 5.73 Å². The van der Waals surface area contributed by atoms with Crippen molar-refractivity contribution in [2.75, 3.05) is 11.9 Å². The molecule has 0 aliphatic rings. The average Bonchev–Trinajstić information content (AvgIpc) is 2.16. The third kappa shape index (κ3) is 3.17. The number of hydrogen-bond acceptors (Lipinski definition) is 4. The molecular formula is C9H12FN3O2. The van der Waals surface area contributed by atoms with Gasteiger partial charge in [-0.05, 0) is 13.0 Å². The van der Waals surface area contributed by atoms with Gasteiger partial charge in [0.25, 0.3) is 5.69 Å². The van der Waals surface area contributed by atoms with Gasteiger partial charge in [0.05, 0.1) is 11.0 Å². The Morgan fingerprint density at radius 3 is 2.80 bits per heavy atom. The Morgan fingerprint density at radius 1 is 1.60 bits per heavy atom. The number of nitro benzene ring substituents is 1. The Balaban J connectivity index is 2.93. The van der Waals surface area contributed by atoms with E-state index in [2.05, 4.69) is 5.32 Å². The van der Waals surface area contributed by atoms with E-state index in [9.17, 15) is 14.5 Å². The van der Waals surface area contributed by atoms with Gasteiger partial charge in [0, 0.05) is 24.3 Å². The van der Waals surface area contributed by atoms with E-state index in [-0.39, 0.29) is 11.7 Å². The highest BCUT2D eigenvalue weighted by atomic mass is 19.1. The standard InChI is InChI=1S/C9H12FN3O2/c1-6(5-11)12-8-2-7(10)3-9(4-8)13(14)15/h2-4,6,12H,5,11H2,1H3. The summed E-state index contributed by atoms with van der Waals surface area (Å²) >= 11 is 0. The Hall–Kier alpha value is -1.69. The third-order valence-electron chi connectivity index (χ3n) is 1.86. The van der Waals surface area contributed by atoms with Crippen molar-refractivity contribution < 1.29 is 9.31 Å². The number of nitrogens with one attached hydrogen (secondary N) is 1. The highest BCUT2D eigenvalue weighted by Crippen LogP contribution is 2.20. The Bertz CT molecular complexity index is 370. The maximum Gasteiger partial charge on any atom is 0.274 e. The van der Waals surface area contributed by atoms with Crippen molar-refractivity contribution in [3.63, 3.8) is 0 Å². The summed E-state index contributed by atoms with van der Waals surface area (Å²) in [7, 11) is 0. The molecule has 0 fully saturated rings. The zero-order valence-corrected chi connectivity index (χ0v) is 8.24. The number of halogens is 1. The van der Waals surface area contributed by atoms with Crippen LogP contribution in [0.3, 0.4) is 0 Å². The third-order valence-corrected chi connectivity index (χ3v) is 1.86. The zero-order valence-electron chi connectivity index (χ0n) is 8.24. The average molecular weight is 213 g/mol. The highest BCUT2D eigenvalue weighted by Gasteiger charge is 2.10. The predicted molar refractivity (Wildman–Crippen MR) is 55.2 cm³/mol. The summed E-state index contributed by atoms with van der Waals surface area (Å²) in [4.78, 5) is 9.81. The van der Waals surface area contributed by atoms with Gasteiger partial charge >= 0.3 is 0 Å². The molecule has 1 aromatic rings. The van der Waals surface area contributed by atoms with Gasteiger partial charge in [0.2, 0.25) is 0 Å².